The fourth-order valence-corrected chi connectivity index (χ4v) is 2.83. The Balaban J connectivity index is 2.17. The molecule has 0 saturated heterocycles. The van der Waals surface area contributed by atoms with Crippen LogP contribution in [0.25, 0.3) is 0 Å². The number of hydrogen-bond acceptors (Lipinski definition) is 4. The van der Waals surface area contributed by atoms with Gasteiger partial charge in [-0.25, -0.2) is 4.98 Å². The van der Waals surface area contributed by atoms with Crippen LogP contribution in [0.5, 0.6) is 0 Å². The largest absolute Gasteiger partial charge is 0.481 e. The van der Waals surface area contributed by atoms with E-state index >= 15 is 0 Å². The monoisotopic (exact) mass is 282 g/mol. The molecule has 1 aliphatic rings. The van der Waals surface area contributed by atoms with Crippen LogP contribution >= 0.6 is 11.3 Å². The van der Waals surface area contributed by atoms with Crippen molar-refractivity contribution in [3.63, 3.8) is 0 Å². The Bertz CT molecular complexity index is 508. The maximum Gasteiger partial charge on any atom is 0.308 e. The summed E-state index contributed by atoms with van der Waals surface area (Å²) in [6, 6.07) is 0.190. The smallest absolute Gasteiger partial charge is 0.308 e. The molecule has 1 saturated carbocycles. The Kier molecular flexibility index (Phi) is 3.89. The highest BCUT2D eigenvalue weighted by Crippen LogP contribution is 2.30. The van der Waals surface area contributed by atoms with E-state index in [4.69, 9.17) is 5.11 Å². The Morgan fingerprint density at radius 3 is 2.53 bits per heavy atom. The average Bonchev–Trinajstić information content (AvgIpc) is 3.10. The van der Waals surface area contributed by atoms with Gasteiger partial charge in [0, 0.05) is 17.5 Å². The van der Waals surface area contributed by atoms with Crippen molar-refractivity contribution in [2.45, 2.75) is 39.7 Å². The van der Waals surface area contributed by atoms with E-state index in [0.29, 0.717) is 5.69 Å². The molecule has 1 heterocycles. The van der Waals surface area contributed by atoms with Crippen LogP contribution in [0.4, 0.5) is 0 Å². The van der Waals surface area contributed by atoms with E-state index in [1.165, 1.54) is 11.3 Å². The third-order valence-electron chi connectivity index (χ3n) is 3.25. The van der Waals surface area contributed by atoms with Crippen molar-refractivity contribution >= 4 is 23.2 Å². The molecule has 1 N–H and O–H groups in total. The van der Waals surface area contributed by atoms with Crippen molar-refractivity contribution in [2.24, 2.45) is 5.92 Å². The van der Waals surface area contributed by atoms with Gasteiger partial charge in [-0.05, 0) is 26.7 Å². The molecule has 0 radical (unpaired) electrons. The number of carbonyl (C=O) groups is 2. The summed E-state index contributed by atoms with van der Waals surface area (Å²) in [5, 5.41) is 9.86. The molecule has 2 rings (SSSR count). The van der Waals surface area contributed by atoms with Crippen molar-refractivity contribution in [1.82, 2.24) is 9.88 Å². The maximum absolute atomic E-state index is 12.5. The van der Waals surface area contributed by atoms with Gasteiger partial charge in [-0.1, -0.05) is 6.92 Å². The normalized spacial score (nSPS) is 16.2. The van der Waals surface area contributed by atoms with Crippen molar-refractivity contribution in [2.75, 3.05) is 6.54 Å². The number of amides is 1. The van der Waals surface area contributed by atoms with E-state index in [1.807, 2.05) is 13.8 Å². The first-order chi connectivity index (χ1) is 8.90. The summed E-state index contributed by atoms with van der Waals surface area (Å²) in [5.74, 6) is -1.55. The second kappa shape index (κ2) is 5.28. The summed E-state index contributed by atoms with van der Waals surface area (Å²) in [6.07, 6.45) is 1.92. The molecule has 104 valence electrons. The number of hydrogen-bond donors (Lipinski definition) is 1. The van der Waals surface area contributed by atoms with Gasteiger partial charge in [0.1, 0.15) is 5.69 Å². The fourth-order valence-electron chi connectivity index (χ4n) is 2.02. The lowest BCUT2D eigenvalue weighted by Gasteiger charge is -2.23. The molecule has 0 bridgehead atoms. The SMILES string of the molecule is Cc1nc(C(=O)N(CC(C)C(=O)O)C2CC2)c(C)s1. The molecule has 1 unspecified atom stereocenters. The molecule has 1 amide bonds. The van der Waals surface area contributed by atoms with Crippen LogP contribution in [0.2, 0.25) is 0 Å². The van der Waals surface area contributed by atoms with Crippen LogP contribution in [0.15, 0.2) is 0 Å². The second-order valence-electron chi connectivity index (χ2n) is 5.07. The molecule has 0 aliphatic heterocycles. The van der Waals surface area contributed by atoms with Gasteiger partial charge < -0.3 is 10.0 Å². The van der Waals surface area contributed by atoms with Crippen molar-refractivity contribution < 1.29 is 14.7 Å². The van der Waals surface area contributed by atoms with Gasteiger partial charge in [0.2, 0.25) is 0 Å². The van der Waals surface area contributed by atoms with Crippen LogP contribution < -0.4 is 0 Å². The Morgan fingerprint density at radius 1 is 1.47 bits per heavy atom. The third-order valence-corrected chi connectivity index (χ3v) is 4.13. The summed E-state index contributed by atoms with van der Waals surface area (Å²) >= 11 is 1.50. The van der Waals surface area contributed by atoms with Gasteiger partial charge in [0.05, 0.1) is 10.9 Å². The minimum absolute atomic E-state index is 0.127. The predicted octanol–water partition coefficient (Wildman–Crippen LogP) is 2.09. The highest BCUT2D eigenvalue weighted by molar-refractivity contribution is 7.11. The first kappa shape index (κ1) is 14.0. The lowest BCUT2D eigenvalue weighted by atomic mass is 10.1. The molecular weight excluding hydrogens is 264 g/mol. The van der Waals surface area contributed by atoms with E-state index in [0.717, 1.165) is 22.7 Å². The summed E-state index contributed by atoms with van der Waals surface area (Å²) in [5.41, 5.74) is 0.479. The van der Waals surface area contributed by atoms with Crippen LogP contribution in [0.1, 0.15) is 40.1 Å². The first-order valence-corrected chi connectivity index (χ1v) is 7.19. The van der Waals surface area contributed by atoms with Crippen molar-refractivity contribution in [3.8, 4) is 0 Å². The Hall–Kier alpha value is -1.43. The molecule has 1 atom stereocenters. The number of rotatable bonds is 5. The third kappa shape index (κ3) is 3.12. The molecule has 0 aromatic carbocycles. The maximum atomic E-state index is 12.5. The van der Waals surface area contributed by atoms with Gasteiger partial charge in [0.25, 0.3) is 5.91 Å². The number of carboxylic acid groups (broad SMARTS) is 1. The fraction of sp³-hybridized carbons (Fsp3) is 0.615. The molecule has 5 nitrogen and oxygen atoms in total. The molecule has 1 fully saturated rings. The lowest BCUT2D eigenvalue weighted by Crippen LogP contribution is -2.39. The van der Waals surface area contributed by atoms with E-state index in [-0.39, 0.29) is 18.5 Å². The number of thiazole rings is 1. The molecule has 0 spiro atoms. The topological polar surface area (TPSA) is 70.5 Å². The minimum atomic E-state index is -0.871. The lowest BCUT2D eigenvalue weighted by molar-refractivity contribution is -0.141. The van der Waals surface area contributed by atoms with Crippen LogP contribution in [0.3, 0.4) is 0 Å². The first-order valence-electron chi connectivity index (χ1n) is 6.38. The van der Waals surface area contributed by atoms with Crippen LogP contribution in [-0.2, 0) is 4.79 Å². The number of nitrogens with zero attached hydrogens (tertiary/aromatic N) is 2. The number of aryl methyl sites for hydroxylation is 2. The zero-order chi connectivity index (χ0) is 14.2. The molecule has 1 aromatic heterocycles. The summed E-state index contributed by atoms with van der Waals surface area (Å²) in [6.45, 7) is 5.64. The molecule has 6 heteroatoms. The van der Waals surface area contributed by atoms with E-state index in [2.05, 4.69) is 4.98 Å². The molecular formula is C13H18N2O3S. The second-order valence-corrected chi connectivity index (χ2v) is 6.47. The van der Waals surface area contributed by atoms with Crippen molar-refractivity contribution in [3.05, 3.63) is 15.6 Å². The van der Waals surface area contributed by atoms with Gasteiger partial charge in [-0.2, -0.15) is 0 Å². The van der Waals surface area contributed by atoms with Gasteiger partial charge in [0.15, 0.2) is 0 Å². The zero-order valence-electron chi connectivity index (χ0n) is 11.3. The van der Waals surface area contributed by atoms with Gasteiger partial charge in [-0.3, -0.25) is 9.59 Å². The summed E-state index contributed by atoms with van der Waals surface area (Å²) < 4.78 is 0. The van der Waals surface area contributed by atoms with Gasteiger partial charge >= 0.3 is 5.97 Å². The predicted molar refractivity (Wildman–Crippen MR) is 72.4 cm³/mol. The van der Waals surface area contributed by atoms with E-state index in [1.54, 1.807) is 11.8 Å². The molecule has 1 aromatic rings. The Morgan fingerprint density at radius 2 is 2.11 bits per heavy atom. The average molecular weight is 282 g/mol. The number of aliphatic carboxylic acids is 1. The van der Waals surface area contributed by atoms with E-state index in [9.17, 15) is 9.59 Å². The summed E-state index contributed by atoms with van der Waals surface area (Å²) in [7, 11) is 0. The standard InChI is InChI=1S/C13H18N2O3S/c1-7(13(17)18)6-15(10-4-5-10)12(16)11-8(2)19-9(3)14-11/h7,10H,4-6H2,1-3H3,(H,17,18). The summed E-state index contributed by atoms with van der Waals surface area (Å²) in [4.78, 5) is 30.3. The zero-order valence-corrected chi connectivity index (χ0v) is 12.2. The number of carboxylic acids is 1. The van der Waals surface area contributed by atoms with E-state index < -0.39 is 11.9 Å². The van der Waals surface area contributed by atoms with Crippen molar-refractivity contribution in [1.29, 1.82) is 0 Å². The molecule has 1 aliphatic carbocycles. The minimum Gasteiger partial charge on any atom is -0.481 e. The number of carbonyl (C=O) groups excluding carboxylic acids is 1. The van der Waals surface area contributed by atoms with Crippen LogP contribution in [0, 0.1) is 19.8 Å². The highest BCUT2D eigenvalue weighted by atomic mass is 32.1. The van der Waals surface area contributed by atoms with Crippen LogP contribution in [-0.4, -0.2) is 39.5 Å². The highest BCUT2D eigenvalue weighted by Gasteiger charge is 2.36. The Labute approximate surface area is 116 Å². The number of aromatic nitrogens is 1. The quantitative estimate of drug-likeness (QED) is 0.897. The van der Waals surface area contributed by atoms with Gasteiger partial charge in [-0.15, -0.1) is 11.3 Å². The molecule has 19 heavy (non-hydrogen) atoms.